The van der Waals surface area contributed by atoms with Gasteiger partial charge in [0.05, 0.1) is 19.7 Å². The maximum Gasteiger partial charge on any atom is 0.290 e. The van der Waals surface area contributed by atoms with Crippen molar-refractivity contribution in [3.05, 3.63) is 88.2 Å². The second-order valence-electron chi connectivity index (χ2n) is 6.86. The number of carbonyl (C=O) groups is 1. The minimum atomic E-state index is -0.120. The third kappa shape index (κ3) is 3.58. The third-order valence-electron chi connectivity index (χ3n) is 5.11. The number of amides is 1. The zero-order valence-corrected chi connectivity index (χ0v) is 15.7. The molecule has 4 rings (SSSR count). The van der Waals surface area contributed by atoms with Crippen LogP contribution in [-0.2, 0) is 6.54 Å². The second kappa shape index (κ2) is 7.76. The highest BCUT2D eigenvalue weighted by molar-refractivity contribution is 5.92. The molecule has 0 bridgehead atoms. The van der Waals surface area contributed by atoms with Crippen LogP contribution in [0.25, 0.3) is 0 Å². The molecule has 1 saturated heterocycles. The Hall–Kier alpha value is -3.28. The monoisotopic (exact) mass is 378 g/mol. The zero-order valence-electron chi connectivity index (χ0n) is 15.7. The molecular formula is C22H22N2O4. The van der Waals surface area contributed by atoms with Crippen molar-refractivity contribution in [1.82, 2.24) is 9.47 Å². The molecule has 1 aliphatic rings. The van der Waals surface area contributed by atoms with Crippen LogP contribution < -0.4 is 10.3 Å². The number of carbonyl (C=O) groups excluding carboxylic acids is 1. The van der Waals surface area contributed by atoms with Crippen molar-refractivity contribution in [2.24, 2.45) is 0 Å². The Balaban J connectivity index is 1.51. The largest absolute Gasteiger partial charge is 0.497 e. The normalized spacial score (nSPS) is 16.3. The van der Waals surface area contributed by atoms with Crippen LogP contribution in [-0.4, -0.2) is 29.0 Å². The van der Waals surface area contributed by atoms with Crippen LogP contribution in [0.2, 0.25) is 0 Å². The zero-order chi connectivity index (χ0) is 19.5. The number of hydrogen-bond donors (Lipinski definition) is 0. The standard InChI is InChI=1S/C22H22N2O4/c1-27-17-9-7-16(8-10-17)19-5-4-14-24(19)22(26)20-12-11-18(28-20)15-23-13-3-2-6-21(23)25/h2-3,6-13,19H,4-5,14-15H2,1H3. The average Bonchev–Trinajstić information content (AvgIpc) is 3.39. The van der Waals surface area contributed by atoms with Gasteiger partial charge < -0.3 is 18.6 Å². The fraction of sp³-hybridized carbons (Fsp3) is 0.273. The maximum absolute atomic E-state index is 13.0. The highest BCUT2D eigenvalue weighted by atomic mass is 16.5. The van der Waals surface area contributed by atoms with Gasteiger partial charge in [-0.25, -0.2) is 0 Å². The molecule has 1 aromatic carbocycles. The number of rotatable bonds is 5. The van der Waals surface area contributed by atoms with E-state index in [1.165, 1.54) is 6.07 Å². The van der Waals surface area contributed by atoms with Crippen LogP contribution in [0.4, 0.5) is 0 Å². The smallest absolute Gasteiger partial charge is 0.290 e. The number of methoxy groups -OCH3 is 1. The summed E-state index contributed by atoms with van der Waals surface area (Å²) >= 11 is 0. The van der Waals surface area contributed by atoms with E-state index >= 15 is 0 Å². The molecule has 0 N–H and O–H groups in total. The van der Waals surface area contributed by atoms with Gasteiger partial charge in [0, 0.05) is 18.8 Å². The molecule has 0 radical (unpaired) electrons. The number of aromatic nitrogens is 1. The van der Waals surface area contributed by atoms with Crippen molar-refractivity contribution < 1.29 is 13.9 Å². The summed E-state index contributed by atoms with van der Waals surface area (Å²) in [5.41, 5.74) is 0.986. The van der Waals surface area contributed by atoms with Crippen LogP contribution in [0, 0.1) is 0 Å². The van der Waals surface area contributed by atoms with Gasteiger partial charge in [-0.1, -0.05) is 18.2 Å². The van der Waals surface area contributed by atoms with Crippen molar-refractivity contribution in [2.75, 3.05) is 13.7 Å². The first kappa shape index (κ1) is 18.1. The number of hydrogen-bond acceptors (Lipinski definition) is 4. The minimum Gasteiger partial charge on any atom is -0.497 e. The Kier molecular flexibility index (Phi) is 5.02. The van der Waals surface area contributed by atoms with E-state index in [1.54, 1.807) is 42.1 Å². The topological polar surface area (TPSA) is 64.7 Å². The molecule has 3 heterocycles. The van der Waals surface area contributed by atoms with Gasteiger partial charge in [-0.2, -0.15) is 0 Å². The summed E-state index contributed by atoms with van der Waals surface area (Å²) in [5.74, 6) is 1.56. The molecule has 2 aromatic heterocycles. The van der Waals surface area contributed by atoms with E-state index in [9.17, 15) is 9.59 Å². The van der Waals surface area contributed by atoms with E-state index in [0.29, 0.717) is 24.6 Å². The number of pyridine rings is 1. The van der Waals surface area contributed by atoms with Crippen molar-refractivity contribution in [2.45, 2.75) is 25.4 Å². The van der Waals surface area contributed by atoms with E-state index in [4.69, 9.17) is 9.15 Å². The minimum absolute atomic E-state index is 0.0312. The van der Waals surface area contributed by atoms with E-state index < -0.39 is 0 Å². The summed E-state index contributed by atoms with van der Waals surface area (Å²) in [7, 11) is 1.64. The third-order valence-corrected chi connectivity index (χ3v) is 5.11. The van der Waals surface area contributed by atoms with E-state index in [-0.39, 0.29) is 17.5 Å². The molecule has 0 spiro atoms. The van der Waals surface area contributed by atoms with Crippen molar-refractivity contribution in [3.63, 3.8) is 0 Å². The Morgan fingerprint density at radius 3 is 2.71 bits per heavy atom. The Labute approximate surface area is 163 Å². The first-order valence-electron chi connectivity index (χ1n) is 9.35. The summed E-state index contributed by atoms with van der Waals surface area (Å²) in [6.07, 6.45) is 3.58. The Bertz CT molecular complexity index is 1020. The van der Waals surface area contributed by atoms with Gasteiger partial charge in [-0.05, 0) is 48.7 Å². The molecule has 6 heteroatoms. The van der Waals surface area contributed by atoms with Gasteiger partial charge >= 0.3 is 0 Å². The lowest BCUT2D eigenvalue weighted by atomic mass is 10.0. The highest BCUT2D eigenvalue weighted by Crippen LogP contribution is 2.34. The van der Waals surface area contributed by atoms with Crippen LogP contribution in [0.1, 0.15) is 40.8 Å². The molecular weight excluding hydrogens is 356 g/mol. The molecule has 1 fully saturated rings. The van der Waals surface area contributed by atoms with Crippen LogP contribution in [0.3, 0.4) is 0 Å². The molecule has 28 heavy (non-hydrogen) atoms. The van der Waals surface area contributed by atoms with E-state index in [1.807, 2.05) is 29.2 Å². The molecule has 144 valence electrons. The van der Waals surface area contributed by atoms with Gasteiger partial charge in [0.2, 0.25) is 0 Å². The predicted molar refractivity (Wildman–Crippen MR) is 105 cm³/mol. The Morgan fingerprint density at radius 2 is 1.96 bits per heavy atom. The molecule has 0 aliphatic carbocycles. The van der Waals surface area contributed by atoms with Crippen molar-refractivity contribution in [1.29, 1.82) is 0 Å². The second-order valence-corrected chi connectivity index (χ2v) is 6.86. The van der Waals surface area contributed by atoms with Crippen LogP contribution in [0.5, 0.6) is 5.75 Å². The lowest BCUT2D eigenvalue weighted by Crippen LogP contribution is -2.30. The number of ether oxygens (including phenoxy) is 1. The highest BCUT2D eigenvalue weighted by Gasteiger charge is 2.32. The van der Waals surface area contributed by atoms with Crippen molar-refractivity contribution in [3.8, 4) is 5.75 Å². The summed E-state index contributed by atoms with van der Waals surface area (Å²) in [6.45, 7) is 0.999. The predicted octanol–water partition coefficient (Wildman–Crippen LogP) is 3.48. The van der Waals surface area contributed by atoms with Crippen LogP contribution in [0.15, 0.2) is 70.0 Å². The molecule has 1 amide bonds. The quantitative estimate of drug-likeness (QED) is 0.682. The van der Waals surface area contributed by atoms with Gasteiger partial charge in [0.25, 0.3) is 11.5 Å². The molecule has 1 aliphatic heterocycles. The van der Waals surface area contributed by atoms with Gasteiger partial charge in [0.1, 0.15) is 11.5 Å². The Morgan fingerprint density at radius 1 is 1.14 bits per heavy atom. The maximum atomic E-state index is 13.0. The lowest BCUT2D eigenvalue weighted by Gasteiger charge is -2.24. The number of furan rings is 1. The fourth-order valence-electron chi connectivity index (χ4n) is 3.66. The van der Waals surface area contributed by atoms with Gasteiger partial charge in [0.15, 0.2) is 5.76 Å². The first-order chi connectivity index (χ1) is 13.7. The van der Waals surface area contributed by atoms with E-state index in [2.05, 4.69) is 0 Å². The summed E-state index contributed by atoms with van der Waals surface area (Å²) in [4.78, 5) is 26.7. The molecule has 1 unspecified atom stereocenters. The molecule has 0 saturated carbocycles. The van der Waals surface area contributed by atoms with Crippen molar-refractivity contribution >= 4 is 5.91 Å². The number of benzene rings is 1. The first-order valence-corrected chi connectivity index (χ1v) is 9.35. The van der Waals surface area contributed by atoms with E-state index in [0.717, 1.165) is 24.2 Å². The number of nitrogens with zero attached hydrogens (tertiary/aromatic N) is 2. The SMILES string of the molecule is COc1ccc(C2CCCN2C(=O)c2ccc(Cn3ccccc3=O)o2)cc1. The average molecular weight is 378 g/mol. The molecule has 1 atom stereocenters. The van der Waals surface area contributed by atoms with Gasteiger partial charge in [-0.3, -0.25) is 9.59 Å². The summed E-state index contributed by atoms with van der Waals surface area (Å²) in [5, 5.41) is 0. The van der Waals surface area contributed by atoms with Gasteiger partial charge in [-0.15, -0.1) is 0 Å². The summed E-state index contributed by atoms with van der Waals surface area (Å²) in [6, 6.07) is 16.3. The fourth-order valence-corrected chi connectivity index (χ4v) is 3.66. The summed E-state index contributed by atoms with van der Waals surface area (Å²) < 4.78 is 12.5. The lowest BCUT2D eigenvalue weighted by molar-refractivity contribution is 0.0701. The molecule has 3 aromatic rings. The molecule has 6 nitrogen and oxygen atoms in total. The number of likely N-dealkylation sites (tertiary alicyclic amines) is 1. The van der Waals surface area contributed by atoms with Crippen LogP contribution >= 0.6 is 0 Å².